The predicted octanol–water partition coefficient (Wildman–Crippen LogP) is 5.75. The topological polar surface area (TPSA) is 41.1 Å². The van der Waals surface area contributed by atoms with Crippen molar-refractivity contribution in [1.29, 1.82) is 0 Å². The number of hydrogen-bond donors (Lipinski definition) is 1. The minimum absolute atomic E-state index is 0.773. The van der Waals surface area contributed by atoms with Crippen molar-refractivity contribution in [3.8, 4) is 0 Å². The van der Waals surface area contributed by atoms with Crippen molar-refractivity contribution in [2.45, 2.75) is 83.1 Å². The van der Waals surface area contributed by atoms with Gasteiger partial charge < -0.3 is 10.2 Å². The van der Waals surface area contributed by atoms with Gasteiger partial charge in [0.2, 0.25) is 0 Å². The highest BCUT2D eigenvalue weighted by molar-refractivity contribution is 5.89. The average molecular weight is 409 g/mol. The lowest BCUT2D eigenvalue weighted by atomic mass is 9.82. The van der Waals surface area contributed by atoms with E-state index in [-0.39, 0.29) is 0 Å². The van der Waals surface area contributed by atoms with Crippen molar-refractivity contribution in [2.24, 2.45) is 11.8 Å². The Bertz CT molecular complexity index is 789. The van der Waals surface area contributed by atoms with E-state index in [0.29, 0.717) is 0 Å². The van der Waals surface area contributed by atoms with Crippen molar-refractivity contribution in [3.05, 3.63) is 30.1 Å². The van der Waals surface area contributed by atoms with Crippen LogP contribution in [0.5, 0.6) is 0 Å². The highest BCUT2D eigenvalue weighted by Crippen LogP contribution is 2.30. The van der Waals surface area contributed by atoms with Gasteiger partial charge >= 0.3 is 0 Å². The molecule has 0 radical (unpaired) electrons. The van der Waals surface area contributed by atoms with Gasteiger partial charge in [-0.25, -0.2) is 9.97 Å². The minimum Gasteiger partial charge on any atom is -0.362 e. The van der Waals surface area contributed by atoms with Gasteiger partial charge in [-0.3, -0.25) is 0 Å². The summed E-state index contributed by atoms with van der Waals surface area (Å²) in [4.78, 5) is 11.8. The van der Waals surface area contributed by atoms with E-state index in [1.807, 2.05) is 0 Å². The van der Waals surface area contributed by atoms with Crippen LogP contribution >= 0.6 is 0 Å². The molecule has 164 valence electrons. The highest BCUT2D eigenvalue weighted by atomic mass is 15.1. The van der Waals surface area contributed by atoms with E-state index in [1.165, 1.54) is 77.2 Å². The fourth-order valence-electron chi connectivity index (χ4n) is 5.49. The van der Waals surface area contributed by atoms with E-state index < -0.39 is 0 Å². The lowest BCUT2D eigenvalue weighted by Crippen LogP contribution is -2.36. The van der Waals surface area contributed by atoms with Crippen LogP contribution < -0.4 is 10.2 Å². The zero-order chi connectivity index (χ0) is 20.8. The number of nitrogens with one attached hydrogen (secondary N) is 1. The Morgan fingerprint density at radius 1 is 0.900 bits per heavy atom. The van der Waals surface area contributed by atoms with E-state index in [9.17, 15) is 0 Å². The summed E-state index contributed by atoms with van der Waals surface area (Å²) in [5.74, 6) is 3.89. The number of nitrogens with zero attached hydrogens (tertiary/aromatic N) is 3. The first-order chi connectivity index (χ1) is 14.7. The molecule has 0 unspecified atom stereocenters. The Balaban J connectivity index is 1.21. The molecule has 4 nitrogen and oxygen atoms in total. The van der Waals surface area contributed by atoms with Gasteiger partial charge in [0, 0.05) is 31.9 Å². The van der Waals surface area contributed by atoms with Crippen LogP contribution in [-0.4, -0.2) is 36.6 Å². The summed E-state index contributed by atoms with van der Waals surface area (Å²) in [6, 6.07) is 9.14. The number of fused-ring (bicyclic) bond motifs is 1. The van der Waals surface area contributed by atoms with Crippen LogP contribution in [0.4, 0.5) is 5.82 Å². The van der Waals surface area contributed by atoms with Crippen molar-refractivity contribution in [1.82, 2.24) is 15.3 Å². The zero-order valence-corrected chi connectivity index (χ0v) is 19.1. The fraction of sp³-hybridized carbons (Fsp3) is 0.692. The van der Waals surface area contributed by atoms with E-state index in [0.717, 1.165) is 46.8 Å². The van der Waals surface area contributed by atoms with Crippen LogP contribution in [0.1, 0.15) is 76.5 Å². The summed E-state index contributed by atoms with van der Waals surface area (Å²) >= 11 is 0. The van der Waals surface area contributed by atoms with Gasteiger partial charge in [0.15, 0.2) is 0 Å². The summed E-state index contributed by atoms with van der Waals surface area (Å²) < 4.78 is 0. The van der Waals surface area contributed by atoms with Crippen LogP contribution in [0.2, 0.25) is 0 Å². The highest BCUT2D eigenvalue weighted by Gasteiger charge is 2.22. The van der Waals surface area contributed by atoms with Crippen LogP contribution in [-0.2, 0) is 6.42 Å². The molecule has 0 amide bonds. The quantitative estimate of drug-likeness (QED) is 0.604. The van der Waals surface area contributed by atoms with E-state index in [4.69, 9.17) is 9.97 Å². The van der Waals surface area contributed by atoms with Crippen molar-refractivity contribution in [3.63, 3.8) is 0 Å². The first-order valence-corrected chi connectivity index (χ1v) is 12.4. The molecule has 0 bridgehead atoms. The molecule has 4 rings (SSSR count). The molecule has 0 aliphatic heterocycles. The van der Waals surface area contributed by atoms with Gasteiger partial charge in [0.25, 0.3) is 0 Å². The number of aryl methyl sites for hydroxylation is 1. The fourth-order valence-corrected chi connectivity index (χ4v) is 5.49. The van der Waals surface area contributed by atoms with Gasteiger partial charge in [-0.05, 0) is 75.5 Å². The van der Waals surface area contributed by atoms with Gasteiger partial charge in [0.05, 0.1) is 5.52 Å². The molecule has 2 saturated carbocycles. The molecule has 1 aromatic heterocycles. The summed E-state index contributed by atoms with van der Waals surface area (Å²) in [5.41, 5.74) is 1.07. The third kappa shape index (κ3) is 5.72. The van der Waals surface area contributed by atoms with Crippen LogP contribution in [0.25, 0.3) is 10.9 Å². The molecule has 0 saturated heterocycles. The lowest BCUT2D eigenvalue weighted by Gasteiger charge is -2.31. The van der Waals surface area contributed by atoms with E-state index in [2.05, 4.69) is 48.6 Å². The second kappa shape index (κ2) is 10.6. The molecule has 2 aliphatic carbocycles. The molecule has 1 N–H and O–H groups in total. The maximum Gasteiger partial charge on any atom is 0.139 e. The summed E-state index contributed by atoms with van der Waals surface area (Å²) in [6.45, 7) is 1.27. The largest absolute Gasteiger partial charge is 0.362 e. The molecular weight excluding hydrogens is 368 g/mol. The Hall–Kier alpha value is -1.68. The number of para-hydroxylation sites is 1. The molecule has 1 aromatic carbocycles. The standard InChI is InChI=1S/C26H40N4/c1-30(2)26-23-12-6-7-13-24(23)28-25(29-26)14-8-11-20-15-17-22(18-16-20)27-19-21-9-4-3-5-10-21/h6-7,12-13,20-22,27H,3-5,8-11,14-19H2,1-2H3. The van der Waals surface area contributed by atoms with E-state index in [1.54, 1.807) is 0 Å². The summed E-state index contributed by atoms with van der Waals surface area (Å²) in [6.07, 6.45) is 16.3. The molecule has 2 fully saturated rings. The maximum absolute atomic E-state index is 4.87. The lowest BCUT2D eigenvalue weighted by molar-refractivity contribution is 0.255. The van der Waals surface area contributed by atoms with Crippen LogP contribution in [0, 0.1) is 11.8 Å². The molecule has 4 heteroatoms. The zero-order valence-electron chi connectivity index (χ0n) is 19.1. The smallest absolute Gasteiger partial charge is 0.139 e. The number of aromatic nitrogens is 2. The molecular formula is C26H40N4. The molecule has 0 atom stereocenters. The Labute approximate surface area is 182 Å². The number of rotatable bonds is 8. The summed E-state index contributed by atoms with van der Waals surface area (Å²) in [5, 5.41) is 5.05. The maximum atomic E-state index is 4.87. The predicted molar refractivity (Wildman–Crippen MR) is 127 cm³/mol. The molecule has 30 heavy (non-hydrogen) atoms. The van der Waals surface area contributed by atoms with Gasteiger partial charge in [-0.15, -0.1) is 0 Å². The van der Waals surface area contributed by atoms with Crippen molar-refractivity contribution < 1.29 is 0 Å². The third-order valence-corrected chi connectivity index (χ3v) is 7.33. The third-order valence-electron chi connectivity index (χ3n) is 7.33. The molecule has 2 aromatic rings. The summed E-state index contributed by atoms with van der Waals surface area (Å²) in [7, 11) is 4.14. The van der Waals surface area contributed by atoms with Crippen molar-refractivity contribution in [2.75, 3.05) is 25.5 Å². The Morgan fingerprint density at radius 2 is 1.67 bits per heavy atom. The number of benzene rings is 1. The number of hydrogen-bond acceptors (Lipinski definition) is 4. The van der Waals surface area contributed by atoms with Gasteiger partial charge in [-0.2, -0.15) is 0 Å². The van der Waals surface area contributed by atoms with Gasteiger partial charge in [-0.1, -0.05) is 37.8 Å². The van der Waals surface area contributed by atoms with Crippen LogP contribution in [0.15, 0.2) is 24.3 Å². The molecule has 2 aliphatic rings. The normalized spacial score (nSPS) is 23.0. The Morgan fingerprint density at radius 3 is 2.43 bits per heavy atom. The average Bonchev–Trinajstić information content (AvgIpc) is 2.78. The number of anilines is 1. The molecule has 1 heterocycles. The van der Waals surface area contributed by atoms with E-state index >= 15 is 0 Å². The van der Waals surface area contributed by atoms with Gasteiger partial charge in [0.1, 0.15) is 11.6 Å². The van der Waals surface area contributed by atoms with Crippen LogP contribution in [0.3, 0.4) is 0 Å². The second-order valence-electron chi connectivity index (χ2n) is 9.90. The SMILES string of the molecule is CN(C)c1nc(CCCC2CCC(NCC3CCCCC3)CC2)nc2ccccc12. The Kier molecular flexibility index (Phi) is 7.59. The second-order valence-corrected chi connectivity index (χ2v) is 9.90. The van der Waals surface area contributed by atoms with Crippen molar-refractivity contribution >= 4 is 16.7 Å². The first-order valence-electron chi connectivity index (χ1n) is 12.4. The molecule has 0 spiro atoms. The monoisotopic (exact) mass is 408 g/mol. The minimum atomic E-state index is 0.773. The first kappa shape index (κ1) is 21.5.